The van der Waals surface area contributed by atoms with Crippen LogP contribution in [-0.4, -0.2) is 21.5 Å². The lowest BCUT2D eigenvalue weighted by atomic mass is 9.92. The summed E-state index contributed by atoms with van der Waals surface area (Å²) in [5.41, 5.74) is 1.06. The average molecular weight is 238 g/mol. The molecule has 1 atom stereocenters. The molecule has 3 nitrogen and oxygen atoms in total. The van der Waals surface area contributed by atoms with E-state index in [1.807, 2.05) is 12.1 Å². The fourth-order valence-corrected chi connectivity index (χ4v) is 3.70. The van der Waals surface area contributed by atoms with Gasteiger partial charge in [-0.1, -0.05) is 20.8 Å². The molecule has 2 heterocycles. The summed E-state index contributed by atoms with van der Waals surface area (Å²) in [6.45, 7) is 7.08. The van der Waals surface area contributed by atoms with Gasteiger partial charge in [-0.15, -0.1) is 0 Å². The van der Waals surface area contributed by atoms with Gasteiger partial charge >= 0.3 is 0 Å². The van der Waals surface area contributed by atoms with Crippen molar-refractivity contribution in [3.05, 3.63) is 24.0 Å². The second-order valence-electron chi connectivity index (χ2n) is 5.18. The first-order valence-corrected chi connectivity index (χ1v) is 7.27. The second-order valence-corrected chi connectivity index (χ2v) is 7.60. The molecule has 1 aliphatic heterocycles. The zero-order chi connectivity index (χ0) is 11.8. The minimum atomic E-state index is -2.13. The van der Waals surface area contributed by atoms with Crippen LogP contribution in [0.4, 0.5) is 0 Å². The summed E-state index contributed by atoms with van der Waals surface area (Å²) in [5, 5.41) is 0. The van der Waals surface area contributed by atoms with Gasteiger partial charge in [0.05, 0.1) is 14.6 Å². The van der Waals surface area contributed by atoms with E-state index in [4.69, 9.17) is 0 Å². The van der Waals surface area contributed by atoms with E-state index in [0.29, 0.717) is 5.75 Å². The summed E-state index contributed by atoms with van der Waals surface area (Å²) < 4.78 is 16.6. The first-order chi connectivity index (χ1) is 7.42. The summed E-state index contributed by atoms with van der Waals surface area (Å²) in [6.07, 6.45) is 2.66. The average Bonchev–Trinajstić information content (AvgIpc) is 2.66. The highest BCUT2D eigenvalue weighted by atomic mass is 32.2. The van der Waals surface area contributed by atoms with Crippen molar-refractivity contribution < 1.29 is 4.21 Å². The molecule has 4 heteroatoms. The minimum absolute atomic E-state index is 0.0384. The smallest absolute Gasteiger partial charge is 0.0768 e. The number of aromatic nitrogens is 1. The molecule has 1 aromatic heterocycles. The van der Waals surface area contributed by atoms with E-state index in [1.54, 1.807) is 6.20 Å². The standard InChI is InChI=1S/C12H18N2OS/c1-12(2,3)11-6-5-10(9-13-11)16(15)8-4-7-14-16/h5-6,9H,4,7-8H2,1-3H3. The van der Waals surface area contributed by atoms with Crippen LogP contribution < -0.4 is 0 Å². The molecule has 0 saturated carbocycles. The van der Waals surface area contributed by atoms with Crippen LogP contribution in [0, 0.1) is 0 Å². The van der Waals surface area contributed by atoms with E-state index in [2.05, 4.69) is 30.1 Å². The zero-order valence-corrected chi connectivity index (χ0v) is 10.9. The fourth-order valence-electron chi connectivity index (χ4n) is 1.74. The van der Waals surface area contributed by atoms with Crippen LogP contribution in [0.1, 0.15) is 32.9 Å². The van der Waals surface area contributed by atoms with E-state index in [9.17, 15) is 4.21 Å². The number of hydrogen-bond acceptors (Lipinski definition) is 3. The maximum Gasteiger partial charge on any atom is 0.0768 e. The van der Waals surface area contributed by atoms with Crippen LogP contribution in [0.15, 0.2) is 27.6 Å². The van der Waals surface area contributed by atoms with E-state index >= 15 is 0 Å². The first kappa shape index (κ1) is 11.6. The molecule has 88 valence electrons. The van der Waals surface area contributed by atoms with Crippen molar-refractivity contribution >= 4 is 9.73 Å². The molecule has 0 aliphatic carbocycles. The molecule has 0 spiro atoms. The lowest BCUT2D eigenvalue weighted by Crippen LogP contribution is -2.14. The quantitative estimate of drug-likeness (QED) is 0.754. The van der Waals surface area contributed by atoms with Crippen LogP contribution in [-0.2, 0) is 15.1 Å². The van der Waals surface area contributed by atoms with Crippen molar-refractivity contribution in [1.82, 2.24) is 4.98 Å². The highest BCUT2D eigenvalue weighted by Gasteiger charge is 2.20. The summed E-state index contributed by atoms with van der Waals surface area (Å²) in [6, 6.07) is 3.89. The Bertz CT molecular complexity index is 491. The predicted octanol–water partition coefficient (Wildman–Crippen LogP) is 2.61. The van der Waals surface area contributed by atoms with Gasteiger partial charge in [-0.3, -0.25) is 4.98 Å². The van der Waals surface area contributed by atoms with Crippen molar-refractivity contribution in [3.63, 3.8) is 0 Å². The van der Waals surface area contributed by atoms with E-state index in [0.717, 1.165) is 23.6 Å². The number of hydrogen-bond donors (Lipinski definition) is 0. The molecule has 0 radical (unpaired) electrons. The first-order valence-electron chi connectivity index (χ1n) is 5.59. The fraction of sp³-hybridized carbons (Fsp3) is 0.583. The Morgan fingerprint density at radius 2 is 2.06 bits per heavy atom. The van der Waals surface area contributed by atoms with Gasteiger partial charge in [-0.2, -0.15) is 0 Å². The monoisotopic (exact) mass is 238 g/mol. The maximum absolute atomic E-state index is 12.3. The van der Waals surface area contributed by atoms with Gasteiger partial charge in [0.2, 0.25) is 0 Å². The Morgan fingerprint density at radius 3 is 2.50 bits per heavy atom. The lowest BCUT2D eigenvalue weighted by molar-refractivity contribution is 0.567. The molecule has 0 bridgehead atoms. The van der Waals surface area contributed by atoms with Crippen LogP contribution in [0.2, 0.25) is 0 Å². The topological polar surface area (TPSA) is 42.3 Å². The van der Waals surface area contributed by atoms with Gasteiger partial charge in [0.15, 0.2) is 0 Å². The Labute approximate surface area is 97.5 Å². The van der Waals surface area contributed by atoms with Gasteiger partial charge < -0.3 is 0 Å². The molecule has 2 rings (SSSR count). The molecule has 0 amide bonds. The molecule has 0 aromatic carbocycles. The molecular weight excluding hydrogens is 220 g/mol. The SMILES string of the molecule is CC(C)(C)c1ccc(S2(=O)=NCCC2)cn1. The maximum atomic E-state index is 12.3. The van der Waals surface area contributed by atoms with E-state index in [-0.39, 0.29) is 5.41 Å². The van der Waals surface area contributed by atoms with Gasteiger partial charge in [0, 0.05) is 29.6 Å². The molecule has 1 unspecified atom stereocenters. The van der Waals surface area contributed by atoms with Crippen LogP contribution in [0.5, 0.6) is 0 Å². The zero-order valence-electron chi connectivity index (χ0n) is 10.1. The highest BCUT2D eigenvalue weighted by molar-refractivity contribution is 7.93. The molecule has 0 fully saturated rings. The number of rotatable bonds is 1. The number of nitrogens with zero attached hydrogens (tertiary/aromatic N) is 2. The van der Waals surface area contributed by atoms with Crippen molar-refractivity contribution in [3.8, 4) is 0 Å². The van der Waals surface area contributed by atoms with E-state index in [1.165, 1.54) is 0 Å². The van der Waals surface area contributed by atoms with Gasteiger partial charge in [0.25, 0.3) is 0 Å². The molecule has 1 aliphatic rings. The molecule has 0 saturated heterocycles. The Hall–Kier alpha value is -0.900. The van der Waals surface area contributed by atoms with Crippen LogP contribution >= 0.6 is 0 Å². The van der Waals surface area contributed by atoms with Crippen molar-refractivity contribution in [2.24, 2.45) is 4.36 Å². The molecule has 0 N–H and O–H groups in total. The van der Waals surface area contributed by atoms with Crippen molar-refractivity contribution in [2.75, 3.05) is 12.3 Å². The summed E-state index contributed by atoms with van der Waals surface area (Å²) >= 11 is 0. The third-order valence-electron chi connectivity index (χ3n) is 2.75. The third kappa shape index (κ3) is 2.12. The molecule has 16 heavy (non-hydrogen) atoms. The summed E-state index contributed by atoms with van der Waals surface area (Å²) in [4.78, 5) is 5.19. The van der Waals surface area contributed by atoms with Gasteiger partial charge in [-0.25, -0.2) is 8.57 Å². The van der Waals surface area contributed by atoms with E-state index < -0.39 is 9.73 Å². The summed E-state index contributed by atoms with van der Waals surface area (Å²) in [5.74, 6) is 0.684. The third-order valence-corrected chi connectivity index (χ3v) is 5.17. The molecular formula is C12H18N2OS. The van der Waals surface area contributed by atoms with Crippen molar-refractivity contribution in [1.29, 1.82) is 0 Å². The normalized spacial score (nSPS) is 25.4. The van der Waals surface area contributed by atoms with Crippen LogP contribution in [0.3, 0.4) is 0 Å². The highest BCUT2D eigenvalue weighted by Crippen LogP contribution is 2.23. The number of pyridine rings is 1. The summed E-state index contributed by atoms with van der Waals surface area (Å²) in [7, 11) is -2.13. The second kappa shape index (κ2) is 3.84. The van der Waals surface area contributed by atoms with Crippen LogP contribution in [0.25, 0.3) is 0 Å². The Kier molecular flexibility index (Phi) is 2.78. The Balaban J connectivity index is 2.37. The van der Waals surface area contributed by atoms with Crippen molar-refractivity contribution in [2.45, 2.75) is 37.5 Å². The molecule has 1 aromatic rings. The van der Waals surface area contributed by atoms with Gasteiger partial charge in [0.1, 0.15) is 0 Å². The largest absolute Gasteiger partial charge is 0.259 e. The predicted molar refractivity (Wildman–Crippen MR) is 66.1 cm³/mol. The lowest BCUT2D eigenvalue weighted by Gasteiger charge is -2.17. The van der Waals surface area contributed by atoms with Gasteiger partial charge in [-0.05, 0) is 18.6 Å². The minimum Gasteiger partial charge on any atom is -0.259 e. The Morgan fingerprint density at radius 1 is 1.31 bits per heavy atom.